The Bertz CT molecular complexity index is 718. The first-order valence-electron chi connectivity index (χ1n) is 7.45. The monoisotopic (exact) mass is 280 g/mol. The van der Waals surface area contributed by atoms with Crippen LogP contribution < -0.4 is 5.32 Å². The van der Waals surface area contributed by atoms with Crippen LogP contribution in [0.1, 0.15) is 37.3 Å². The molecule has 1 atom stereocenters. The molecule has 1 heterocycles. The van der Waals surface area contributed by atoms with Crippen molar-refractivity contribution in [2.45, 2.75) is 32.7 Å². The highest BCUT2D eigenvalue weighted by atomic mass is 16.3. The summed E-state index contributed by atoms with van der Waals surface area (Å²) in [6, 6.07) is 17.0. The quantitative estimate of drug-likeness (QED) is 0.707. The number of nitrogens with one attached hydrogen (secondary N) is 1. The number of aromatic nitrogens is 1. The van der Waals surface area contributed by atoms with Crippen LogP contribution in [0.4, 0.5) is 5.69 Å². The molecule has 1 aromatic heterocycles. The maximum absolute atomic E-state index is 5.52. The minimum atomic E-state index is 0.321. The van der Waals surface area contributed by atoms with Gasteiger partial charge in [0.05, 0.1) is 6.04 Å². The lowest BCUT2D eigenvalue weighted by Gasteiger charge is -2.19. The Balaban J connectivity index is 1.86. The number of hydrogen-bond donors (Lipinski definition) is 1. The van der Waals surface area contributed by atoms with E-state index in [1.54, 1.807) is 0 Å². The molecule has 3 rings (SSSR count). The van der Waals surface area contributed by atoms with E-state index in [1.807, 2.05) is 13.0 Å². The number of oxazole rings is 1. The third-order valence-electron chi connectivity index (χ3n) is 3.61. The van der Waals surface area contributed by atoms with Crippen molar-refractivity contribution in [2.75, 3.05) is 5.32 Å². The first-order chi connectivity index (χ1) is 10.3. The summed E-state index contributed by atoms with van der Waals surface area (Å²) in [4.78, 5) is 4.39. The predicted molar refractivity (Wildman–Crippen MR) is 86.5 cm³/mol. The first-order valence-corrected chi connectivity index (χ1v) is 7.45. The molecule has 0 bridgehead atoms. The Morgan fingerprint density at radius 2 is 1.95 bits per heavy atom. The standard InChI is InChI=1S/C18H20N2O/c1-3-7-16(14-8-5-4-6-9-14)20-15-10-11-18-17(12-15)19-13(2)21-18/h4-6,8-12,16,20H,3,7H2,1-2H3. The molecule has 0 radical (unpaired) electrons. The first kappa shape index (κ1) is 13.7. The van der Waals surface area contributed by atoms with Gasteiger partial charge in [-0.1, -0.05) is 43.7 Å². The van der Waals surface area contributed by atoms with Crippen molar-refractivity contribution in [3.8, 4) is 0 Å². The Morgan fingerprint density at radius 1 is 1.14 bits per heavy atom. The van der Waals surface area contributed by atoms with E-state index in [1.165, 1.54) is 5.56 Å². The maximum Gasteiger partial charge on any atom is 0.192 e. The van der Waals surface area contributed by atoms with Crippen molar-refractivity contribution in [2.24, 2.45) is 0 Å². The van der Waals surface area contributed by atoms with E-state index in [-0.39, 0.29) is 0 Å². The van der Waals surface area contributed by atoms with Gasteiger partial charge in [-0.2, -0.15) is 0 Å². The lowest BCUT2D eigenvalue weighted by Crippen LogP contribution is -2.10. The van der Waals surface area contributed by atoms with Gasteiger partial charge in [-0.15, -0.1) is 0 Å². The third-order valence-corrected chi connectivity index (χ3v) is 3.61. The van der Waals surface area contributed by atoms with E-state index in [2.05, 4.69) is 59.7 Å². The molecule has 0 fully saturated rings. The molecule has 3 heteroatoms. The van der Waals surface area contributed by atoms with Crippen LogP contribution in [0, 0.1) is 6.92 Å². The molecule has 1 unspecified atom stereocenters. The number of rotatable bonds is 5. The summed E-state index contributed by atoms with van der Waals surface area (Å²) in [7, 11) is 0. The van der Waals surface area contributed by atoms with Crippen LogP contribution in [0.2, 0.25) is 0 Å². The second-order valence-corrected chi connectivity index (χ2v) is 5.31. The van der Waals surface area contributed by atoms with Crippen molar-refractivity contribution in [3.63, 3.8) is 0 Å². The van der Waals surface area contributed by atoms with E-state index in [0.29, 0.717) is 11.9 Å². The van der Waals surface area contributed by atoms with Gasteiger partial charge in [0, 0.05) is 12.6 Å². The molecule has 3 aromatic rings. The molecule has 2 aromatic carbocycles. The molecule has 0 aliphatic carbocycles. The van der Waals surface area contributed by atoms with Crippen molar-refractivity contribution < 1.29 is 4.42 Å². The molecular formula is C18H20N2O. The lowest BCUT2D eigenvalue weighted by atomic mass is 10.0. The second-order valence-electron chi connectivity index (χ2n) is 5.31. The molecule has 0 amide bonds. The van der Waals surface area contributed by atoms with E-state index in [9.17, 15) is 0 Å². The minimum absolute atomic E-state index is 0.321. The Morgan fingerprint density at radius 3 is 2.71 bits per heavy atom. The van der Waals surface area contributed by atoms with E-state index >= 15 is 0 Å². The molecular weight excluding hydrogens is 260 g/mol. The van der Waals surface area contributed by atoms with E-state index < -0.39 is 0 Å². The van der Waals surface area contributed by atoms with Crippen molar-refractivity contribution >= 4 is 16.8 Å². The highest BCUT2D eigenvalue weighted by Gasteiger charge is 2.11. The molecule has 3 nitrogen and oxygen atoms in total. The summed E-state index contributed by atoms with van der Waals surface area (Å²) in [6.07, 6.45) is 2.23. The second kappa shape index (κ2) is 6.00. The largest absolute Gasteiger partial charge is 0.441 e. The minimum Gasteiger partial charge on any atom is -0.441 e. The van der Waals surface area contributed by atoms with Gasteiger partial charge in [0.15, 0.2) is 11.5 Å². The Labute approximate surface area is 125 Å². The van der Waals surface area contributed by atoms with Gasteiger partial charge in [-0.25, -0.2) is 4.98 Å². The highest BCUT2D eigenvalue weighted by molar-refractivity contribution is 5.77. The summed E-state index contributed by atoms with van der Waals surface area (Å²) < 4.78 is 5.52. The molecule has 0 aliphatic rings. The normalized spacial score (nSPS) is 12.5. The fourth-order valence-corrected chi connectivity index (χ4v) is 2.63. The zero-order chi connectivity index (χ0) is 14.7. The number of hydrogen-bond acceptors (Lipinski definition) is 3. The third kappa shape index (κ3) is 3.07. The number of anilines is 1. The van der Waals surface area contributed by atoms with Crippen LogP contribution >= 0.6 is 0 Å². The predicted octanol–water partition coefficient (Wildman–Crippen LogP) is 5.09. The Hall–Kier alpha value is -2.29. The molecule has 0 saturated carbocycles. The smallest absolute Gasteiger partial charge is 0.192 e. The van der Waals surface area contributed by atoms with Crippen LogP contribution in [-0.2, 0) is 0 Å². The summed E-state index contributed by atoms with van der Waals surface area (Å²) in [5, 5.41) is 3.62. The molecule has 1 N–H and O–H groups in total. The van der Waals surface area contributed by atoms with Crippen LogP contribution in [0.3, 0.4) is 0 Å². The van der Waals surface area contributed by atoms with Gasteiger partial charge in [0.2, 0.25) is 0 Å². The van der Waals surface area contributed by atoms with Gasteiger partial charge >= 0.3 is 0 Å². The van der Waals surface area contributed by atoms with E-state index in [0.717, 1.165) is 29.6 Å². The fraction of sp³-hybridized carbons (Fsp3) is 0.278. The van der Waals surface area contributed by atoms with Crippen molar-refractivity contribution in [1.29, 1.82) is 0 Å². The topological polar surface area (TPSA) is 38.1 Å². The van der Waals surface area contributed by atoms with Crippen molar-refractivity contribution in [3.05, 3.63) is 60.0 Å². The van der Waals surface area contributed by atoms with Gasteiger partial charge < -0.3 is 9.73 Å². The Kier molecular flexibility index (Phi) is 3.91. The summed E-state index contributed by atoms with van der Waals surface area (Å²) in [6.45, 7) is 4.08. The average Bonchev–Trinajstić information content (AvgIpc) is 2.87. The molecule has 0 aliphatic heterocycles. The summed E-state index contributed by atoms with van der Waals surface area (Å²) in [5.74, 6) is 0.704. The number of fused-ring (bicyclic) bond motifs is 1. The summed E-state index contributed by atoms with van der Waals surface area (Å²) in [5.41, 5.74) is 4.14. The highest BCUT2D eigenvalue weighted by Crippen LogP contribution is 2.26. The molecule has 21 heavy (non-hydrogen) atoms. The number of benzene rings is 2. The molecule has 108 valence electrons. The average molecular weight is 280 g/mol. The number of aryl methyl sites for hydroxylation is 1. The van der Waals surface area contributed by atoms with Gasteiger partial charge in [0.25, 0.3) is 0 Å². The van der Waals surface area contributed by atoms with Crippen LogP contribution in [0.25, 0.3) is 11.1 Å². The fourth-order valence-electron chi connectivity index (χ4n) is 2.63. The maximum atomic E-state index is 5.52. The molecule has 0 saturated heterocycles. The molecule has 0 spiro atoms. The zero-order valence-electron chi connectivity index (χ0n) is 12.5. The summed E-state index contributed by atoms with van der Waals surface area (Å²) >= 11 is 0. The SMILES string of the molecule is CCCC(Nc1ccc2oc(C)nc2c1)c1ccccc1. The van der Waals surface area contributed by atoms with Crippen molar-refractivity contribution in [1.82, 2.24) is 4.98 Å². The number of nitrogens with zero attached hydrogens (tertiary/aromatic N) is 1. The van der Waals surface area contributed by atoms with Gasteiger partial charge in [0.1, 0.15) is 5.52 Å². The van der Waals surface area contributed by atoms with Crippen LogP contribution in [0.5, 0.6) is 0 Å². The van der Waals surface area contributed by atoms with Gasteiger partial charge in [-0.3, -0.25) is 0 Å². The zero-order valence-corrected chi connectivity index (χ0v) is 12.5. The van der Waals surface area contributed by atoms with Crippen LogP contribution in [-0.4, -0.2) is 4.98 Å². The lowest BCUT2D eigenvalue weighted by molar-refractivity contribution is 0.561. The van der Waals surface area contributed by atoms with Crippen LogP contribution in [0.15, 0.2) is 52.9 Å². The van der Waals surface area contributed by atoms with Gasteiger partial charge in [-0.05, 0) is 30.2 Å². The van der Waals surface area contributed by atoms with E-state index in [4.69, 9.17) is 4.42 Å².